The summed E-state index contributed by atoms with van der Waals surface area (Å²) < 4.78 is 17.4. The van der Waals surface area contributed by atoms with Gasteiger partial charge in [0, 0.05) is 17.8 Å². The van der Waals surface area contributed by atoms with E-state index in [1.54, 1.807) is 12.3 Å². The topological polar surface area (TPSA) is 154 Å². The number of thiazole rings is 1. The highest BCUT2D eigenvalue weighted by Gasteiger charge is 2.48. The van der Waals surface area contributed by atoms with Crippen molar-refractivity contribution in [2.75, 3.05) is 12.4 Å². The Kier molecular flexibility index (Phi) is 7.04. The van der Waals surface area contributed by atoms with Crippen LogP contribution in [0.4, 0.5) is 9.93 Å². The zero-order valence-electron chi connectivity index (χ0n) is 20.0. The van der Waals surface area contributed by atoms with Gasteiger partial charge >= 0.3 is 12.0 Å². The molecule has 0 aromatic carbocycles. The summed E-state index contributed by atoms with van der Waals surface area (Å²) in [5.41, 5.74) is 0.901. The zero-order valence-corrected chi connectivity index (χ0v) is 20.8. The molecule has 1 fully saturated rings. The number of nitrogens with zero attached hydrogens (tertiary/aromatic N) is 4. The summed E-state index contributed by atoms with van der Waals surface area (Å²) in [4.78, 5) is 56.4. The van der Waals surface area contributed by atoms with Crippen LogP contribution < -0.4 is 10.6 Å². The van der Waals surface area contributed by atoms with Gasteiger partial charge in [-0.2, -0.15) is 5.10 Å². The first-order valence-electron chi connectivity index (χ1n) is 11.5. The van der Waals surface area contributed by atoms with Crippen molar-refractivity contribution in [2.24, 2.45) is 0 Å². The molecule has 1 saturated heterocycles. The van der Waals surface area contributed by atoms with Gasteiger partial charge in [0.1, 0.15) is 18.6 Å². The summed E-state index contributed by atoms with van der Waals surface area (Å²) in [6.45, 7) is -0.124. The second-order valence-corrected chi connectivity index (χ2v) is 9.11. The van der Waals surface area contributed by atoms with Crippen molar-refractivity contribution in [3.8, 4) is 0 Å². The molecule has 0 unspecified atom stereocenters. The fourth-order valence-corrected chi connectivity index (χ4v) is 4.66. The summed E-state index contributed by atoms with van der Waals surface area (Å²) in [7, 11) is 1.21. The number of nitrogens with one attached hydrogen (secondary N) is 2. The second-order valence-electron chi connectivity index (χ2n) is 8.25. The molecule has 3 aliphatic rings. The first-order chi connectivity index (χ1) is 18.4. The molecule has 0 bridgehead atoms. The quantitative estimate of drug-likeness (QED) is 0.380. The van der Waals surface area contributed by atoms with Crippen molar-refractivity contribution >= 4 is 40.3 Å². The molecule has 196 valence electrons. The number of methoxy groups -OCH3 is 1. The number of esters is 1. The van der Waals surface area contributed by atoms with E-state index in [-0.39, 0.29) is 23.1 Å². The average molecular weight is 539 g/mol. The zero-order chi connectivity index (χ0) is 26.6. The molecule has 2 N–H and O–H groups in total. The van der Waals surface area contributed by atoms with Crippen molar-refractivity contribution in [2.45, 2.75) is 31.5 Å². The summed E-state index contributed by atoms with van der Waals surface area (Å²) >= 11 is 0.996. The fraction of sp³-hybridized carbons (Fsp3) is 0.250. The fourth-order valence-electron chi connectivity index (χ4n) is 3.98. The second kappa shape index (κ2) is 10.7. The molecule has 2 aliphatic heterocycles. The largest absolute Gasteiger partial charge is 0.465 e. The van der Waals surface area contributed by atoms with Gasteiger partial charge < -0.3 is 24.8 Å². The van der Waals surface area contributed by atoms with Crippen molar-refractivity contribution < 1.29 is 33.4 Å². The Balaban J connectivity index is 1.35. The highest BCUT2D eigenvalue weighted by Crippen LogP contribution is 2.29. The van der Waals surface area contributed by atoms with E-state index in [1.165, 1.54) is 35.9 Å². The minimum absolute atomic E-state index is 0.0142. The van der Waals surface area contributed by atoms with Crippen LogP contribution in [0.25, 0.3) is 0 Å². The number of urea groups is 1. The van der Waals surface area contributed by atoms with E-state index in [1.807, 2.05) is 18.2 Å². The molecule has 1 aliphatic carbocycles. The molecule has 13 nitrogen and oxygen atoms in total. The number of imide groups is 1. The molecule has 2 aromatic heterocycles. The smallest absolute Gasteiger partial charge is 0.357 e. The van der Waals surface area contributed by atoms with E-state index in [9.17, 15) is 19.2 Å². The summed E-state index contributed by atoms with van der Waals surface area (Å²) in [5, 5.41) is 10.8. The first kappa shape index (κ1) is 25.0. The van der Waals surface area contributed by atoms with Gasteiger partial charge in [-0.3, -0.25) is 14.3 Å². The predicted octanol–water partition coefficient (Wildman–Crippen LogP) is 2.06. The van der Waals surface area contributed by atoms with E-state index in [0.29, 0.717) is 5.76 Å². The third-order valence-corrected chi connectivity index (χ3v) is 6.59. The van der Waals surface area contributed by atoms with Gasteiger partial charge in [0.15, 0.2) is 28.4 Å². The third-order valence-electron chi connectivity index (χ3n) is 5.84. The molecule has 4 amide bonds. The maximum absolute atomic E-state index is 13.5. The van der Waals surface area contributed by atoms with Crippen LogP contribution >= 0.6 is 11.3 Å². The number of ether oxygens (including phenoxy) is 3. The Morgan fingerprint density at radius 3 is 2.95 bits per heavy atom. The normalized spacial score (nSPS) is 19.4. The molecule has 2 atom stereocenters. The third kappa shape index (κ3) is 5.06. The SMILES string of the molecule is COC(=O)c1csc(NC(=O)[C@H](Cn2cccn2)N2C(=O)N[C@H](C3=COC=C(C4=CC=CCC4)O3)C2=O)n1. The average Bonchev–Trinajstić information content (AvgIpc) is 3.69. The maximum Gasteiger partial charge on any atom is 0.357 e. The van der Waals surface area contributed by atoms with Crippen LogP contribution in [0, 0.1) is 0 Å². The molecular weight excluding hydrogens is 516 g/mol. The van der Waals surface area contributed by atoms with E-state index in [4.69, 9.17) is 9.47 Å². The highest BCUT2D eigenvalue weighted by molar-refractivity contribution is 7.14. The van der Waals surface area contributed by atoms with Crippen LogP contribution in [0.2, 0.25) is 0 Å². The van der Waals surface area contributed by atoms with Crippen LogP contribution in [-0.4, -0.2) is 62.7 Å². The van der Waals surface area contributed by atoms with Crippen molar-refractivity contribution in [1.29, 1.82) is 0 Å². The Labute approximate surface area is 220 Å². The number of amides is 4. The minimum atomic E-state index is -1.30. The number of aromatic nitrogens is 3. The highest BCUT2D eigenvalue weighted by atomic mass is 32.1. The number of hydrogen-bond acceptors (Lipinski definition) is 10. The van der Waals surface area contributed by atoms with Crippen molar-refractivity contribution in [3.05, 3.63) is 77.4 Å². The molecule has 4 heterocycles. The maximum atomic E-state index is 13.5. The van der Waals surface area contributed by atoms with Gasteiger partial charge in [-0.1, -0.05) is 18.2 Å². The Hall–Kier alpha value is -4.72. The molecular formula is C24H22N6O7S. The molecule has 0 spiro atoms. The Morgan fingerprint density at radius 2 is 2.21 bits per heavy atom. The van der Waals surface area contributed by atoms with Gasteiger partial charge in [0.05, 0.1) is 13.7 Å². The predicted molar refractivity (Wildman–Crippen MR) is 132 cm³/mol. The van der Waals surface area contributed by atoms with Crippen LogP contribution in [0.15, 0.2) is 71.7 Å². The van der Waals surface area contributed by atoms with E-state index in [0.717, 1.165) is 34.7 Å². The number of hydrogen-bond donors (Lipinski definition) is 2. The van der Waals surface area contributed by atoms with Crippen LogP contribution in [-0.2, 0) is 30.3 Å². The van der Waals surface area contributed by atoms with Gasteiger partial charge in [0.25, 0.3) is 11.8 Å². The van der Waals surface area contributed by atoms with Gasteiger partial charge in [-0.15, -0.1) is 11.3 Å². The van der Waals surface area contributed by atoms with Gasteiger partial charge in [-0.05, 0) is 24.5 Å². The molecule has 14 heteroatoms. The summed E-state index contributed by atoms with van der Waals surface area (Å²) in [6.07, 6.45) is 13.2. The summed E-state index contributed by atoms with van der Waals surface area (Å²) in [6, 6.07) is -1.65. The lowest BCUT2D eigenvalue weighted by molar-refractivity contribution is -0.134. The van der Waals surface area contributed by atoms with E-state index < -0.39 is 35.9 Å². The van der Waals surface area contributed by atoms with Gasteiger partial charge in [-0.25, -0.2) is 19.5 Å². The first-order valence-corrected chi connectivity index (χ1v) is 12.4. The lowest BCUT2D eigenvalue weighted by Gasteiger charge is -2.25. The lowest BCUT2D eigenvalue weighted by Crippen LogP contribution is -2.50. The summed E-state index contributed by atoms with van der Waals surface area (Å²) in [5.74, 6) is -1.55. The lowest BCUT2D eigenvalue weighted by atomic mass is 10.0. The number of anilines is 1. The number of rotatable bonds is 8. The van der Waals surface area contributed by atoms with Crippen LogP contribution in [0.5, 0.6) is 0 Å². The molecule has 0 saturated carbocycles. The standard InChI is InChI=1S/C24H22N6O7S/c1-35-22(33)15-13-38-23(26-15)28-20(31)16(10-29-9-5-8-25-29)30-21(32)19(27-24(30)34)18-12-36-11-17(37-18)14-6-3-2-4-7-14/h2-3,5-6,8-9,11-13,16,19H,4,7,10H2,1H3,(H,27,34)(H,26,28,31)/t16-,19+/m0/s1. The molecule has 0 radical (unpaired) electrons. The molecule has 2 aromatic rings. The van der Waals surface area contributed by atoms with Crippen LogP contribution in [0.1, 0.15) is 23.3 Å². The van der Waals surface area contributed by atoms with E-state index >= 15 is 0 Å². The van der Waals surface area contributed by atoms with Crippen molar-refractivity contribution in [3.63, 3.8) is 0 Å². The van der Waals surface area contributed by atoms with Crippen molar-refractivity contribution in [1.82, 2.24) is 25.0 Å². The number of allylic oxidation sites excluding steroid dienone is 4. The van der Waals surface area contributed by atoms with E-state index in [2.05, 4.69) is 25.5 Å². The molecule has 5 rings (SSSR count). The molecule has 38 heavy (non-hydrogen) atoms. The monoisotopic (exact) mass is 538 g/mol. The Morgan fingerprint density at radius 1 is 1.34 bits per heavy atom. The number of carbonyl (C=O) groups is 4. The Bertz CT molecular complexity index is 1390. The van der Waals surface area contributed by atoms with Crippen LogP contribution in [0.3, 0.4) is 0 Å². The number of carbonyl (C=O) groups excluding carboxylic acids is 4. The minimum Gasteiger partial charge on any atom is -0.465 e. The van der Waals surface area contributed by atoms with Gasteiger partial charge in [0.2, 0.25) is 0 Å².